The van der Waals surface area contributed by atoms with Gasteiger partial charge in [0, 0.05) is 12.5 Å². The normalized spacial score (nSPS) is 22.5. The zero-order valence-corrected chi connectivity index (χ0v) is 15.4. The molecule has 1 N–H and O–H groups in total. The van der Waals surface area contributed by atoms with Gasteiger partial charge in [0.05, 0.1) is 12.6 Å². The van der Waals surface area contributed by atoms with Crippen molar-refractivity contribution in [3.63, 3.8) is 0 Å². The fraction of sp³-hybridized carbons (Fsp3) is 0.524. The molecule has 25 heavy (non-hydrogen) atoms. The van der Waals surface area contributed by atoms with Crippen LogP contribution in [0, 0.1) is 5.41 Å². The molecule has 2 bridgehead atoms. The van der Waals surface area contributed by atoms with Crippen LogP contribution in [0.15, 0.2) is 36.4 Å². The average Bonchev–Trinajstić information content (AvgIpc) is 2.82. The Morgan fingerprint density at radius 1 is 1.16 bits per heavy atom. The molecule has 134 valence electrons. The van der Waals surface area contributed by atoms with E-state index in [2.05, 4.69) is 35.7 Å². The van der Waals surface area contributed by atoms with Gasteiger partial charge in [-0.2, -0.15) is 0 Å². The first-order valence-electron chi connectivity index (χ1n) is 9.17. The summed E-state index contributed by atoms with van der Waals surface area (Å²) in [6, 6.07) is 10.8. The Morgan fingerprint density at radius 3 is 2.52 bits per heavy atom. The number of nitrogens with one attached hydrogen (secondary N) is 1. The second-order valence-corrected chi connectivity index (χ2v) is 8.38. The van der Waals surface area contributed by atoms with Crippen molar-refractivity contribution >= 4 is 17.4 Å². The molecule has 4 nitrogen and oxygen atoms in total. The second-order valence-electron chi connectivity index (χ2n) is 8.38. The van der Waals surface area contributed by atoms with E-state index in [1.807, 2.05) is 31.7 Å². The minimum absolute atomic E-state index is 0.0399. The van der Waals surface area contributed by atoms with Crippen molar-refractivity contribution in [3.8, 4) is 0 Å². The quantitative estimate of drug-likeness (QED) is 0.913. The van der Waals surface area contributed by atoms with Gasteiger partial charge in [0.25, 0.3) is 0 Å². The van der Waals surface area contributed by atoms with E-state index in [1.54, 1.807) is 0 Å². The Balaban J connectivity index is 1.62. The summed E-state index contributed by atoms with van der Waals surface area (Å²) in [5, 5.41) is 2.80. The molecule has 2 unspecified atom stereocenters. The molecule has 3 rings (SSSR count). The van der Waals surface area contributed by atoms with Gasteiger partial charge < -0.3 is 10.2 Å². The molecule has 4 heteroatoms. The molecule has 2 heterocycles. The van der Waals surface area contributed by atoms with Crippen LogP contribution in [0.4, 0.5) is 0 Å². The van der Waals surface area contributed by atoms with Crippen LogP contribution in [0.5, 0.6) is 0 Å². The van der Waals surface area contributed by atoms with Gasteiger partial charge in [-0.05, 0) is 35.8 Å². The highest BCUT2D eigenvalue weighted by atomic mass is 16.2. The third-order valence-corrected chi connectivity index (χ3v) is 4.96. The van der Waals surface area contributed by atoms with E-state index in [0.29, 0.717) is 6.42 Å². The topological polar surface area (TPSA) is 49.4 Å². The van der Waals surface area contributed by atoms with Gasteiger partial charge in [-0.25, -0.2) is 0 Å². The molecular weight excluding hydrogens is 312 g/mol. The summed E-state index contributed by atoms with van der Waals surface area (Å²) in [5.41, 5.74) is 2.53. The Morgan fingerprint density at radius 2 is 1.88 bits per heavy atom. The highest BCUT2D eigenvalue weighted by Crippen LogP contribution is 2.38. The predicted molar refractivity (Wildman–Crippen MR) is 99.8 cm³/mol. The van der Waals surface area contributed by atoms with E-state index in [1.165, 1.54) is 11.1 Å². The van der Waals surface area contributed by atoms with Gasteiger partial charge in [-0.15, -0.1) is 0 Å². The van der Waals surface area contributed by atoms with Crippen LogP contribution in [0.3, 0.4) is 0 Å². The Kier molecular flexibility index (Phi) is 4.98. The van der Waals surface area contributed by atoms with E-state index >= 15 is 0 Å². The molecule has 0 radical (unpaired) electrons. The lowest BCUT2D eigenvalue weighted by atomic mass is 9.92. The molecule has 1 aromatic rings. The van der Waals surface area contributed by atoms with Crippen LogP contribution < -0.4 is 5.32 Å². The first kappa shape index (κ1) is 17.7. The number of rotatable bonds is 4. The van der Waals surface area contributed by atoms with Crippen molar-refractivity contribution in [1.82, 2.24) is 10.2 Å². The zero-order valence-electron chi connectivity index (χ0n) is 15.4. The van der Waals surface area contributed by atoms with E-state index in [0.717, 1.165) is 19.3 Å². The molecule has 2 atom stereocenters. The molecule has 1 saturated heterocycles. The Bertz CT molecular complexity index is 673. The molecule has 0 aromatic heterocycles. The first-order chi connectivity index (χ1) is 11.8. The molecule has 1 aromatic carbocycles. The molecular formula is C21H28N2O2. The Hall–Kier alpha value is -2.10. The van der Waals surface area contributed by atoms with Gasteiger partial charge >= 0.3 is 0 Å². The van der Waals surface area contributed by atoms with Crippen molar-refractivity contribution in [2.75, 3.05) is 6.54 Å². The summed E-state index contributed by atoms with van der Waals surface area (Å²) >= 11 is 0. The number of amides is 2. The highest BCUT2D eigenvalue weighted by molar-refractivity contribution is 5.86. The zero-order chi connectivity index (χ0) is 18.0. The summed E-state index contributed by atoms with van der Waals surface area (Å²) < 4.78 is 0. The number of hydrogen-bond acceptors (Lipinski definition) is 2. The maximum absolute atomic E-state index is 12.7. The lowest BCUT2D eigenvalue weighted by Crippen LogP contribution is -2.47. The first-order valence-corrected chi connectivity index (χ1v) is 9.17. The third-order valence-electron chi connectivity index (χ3n) is 4.96. The summed E-state index contributed by atoms with van der Waals surface area (Å²) in [6.45, 7) is 6.18. The van der Waals surface area contributed by atoms with Gasteiger partial charge in [-0.1, -0.05) is 57.2 Å². The van der Waals surface area contributed by atoms with Crippen LogP contribution in [0.1, 0.15) is 52.0 Å². The van der Waals surface area contributed by atoms with E-state index < -0.39 is 0 Å². The minimum atomic E-state index is -0.0649. The third kappa shape index (κ3) is 4.30. The molecule has 0 saturated carbocycles. The van der Waals surface area contributed by atoms with Crippen molar-refractivity contribution in [2.45, 2.75) is 58.5 Å². The van der Waals surface area contributed by atoms with Gasteiger partial charge in [0.15, 0.2) is 0 Å². The number of nitrogens with zero attached hydrogens (tertiary/aromatic N) is 1. The van der Waals surface area contributed by atoms with Gasteiger partial charge in [0.2, 0.25) is 11.8 Å². The lowest BCUT2D eigenvalue weighted by Gasteiger charge is -2.34. The molecule has 2 aliphatic rings. The average molecular weight is 340 g/mol. The van der Waals surface area contributed by atoms with Crippen LogP contribution in [0.2, 0.25) is 0 Å². The van der Waals surface area contributed by atoms with E-state index in [-0.39, 0.29) is 35.9 Å². The fourth-order valence-corrected chi connectivity index (χ4v) is 3.89. The summed E-state index contributed by atoms with van der Waals surface area (Å²) in [6.07, 6.45) is 5.64. The van der Waals surface area contributed by atoms with Crippen molar-refractivity contribution < 1.29 is 9.59 Å². The van der Waals surface area contributed by atoms with Crippen molar-refractivity contribution in [1.29, 1.82) is 0 Å². The maximum Gasteiger partial charge on any atom is 0.242 e. The summed E-state index contributed by atoms with van der Waals surface area (Å²) in [5.74, 6) is -0.0103. The van der Waals surface area contributed by atoms with Crippen LogP contribution in [-0.4, -0.2) is 35.3 Å². The van der Waals surface area contributed by atoms with Crippen molar-refractivity contribution in [3.05, 3.63) is 42.0 Å². The smallest absolute Gasteiger partial charge is 0.242 e. The second kappa shape index (κ2) is 7.03. The molecule has 1 fully saturated rings. The fourth-order valence-electron chi connectivity index (χ4n) is 3.89. The minimum Gasteiger partial charge on any atom is -0.347 e. The monoisotopic (exact) mass is 340 g/mol. The predicted octanol–water partition coefficient (Wildman–Crippen LogP) is 3.39. The largest absolute Gasteiger partial charge is 0.347 e. The number of carbonyl (C=O) groups is 2. The number of carbonyl (C=O) groups excluding carboxylic acids is 2. The Labute approximate surface area is 150 Å². The van der Waals surface area contributed by atoms with Crippen LogP contribution in [-0.2, 0) is 9.59 Å². The molecule has 2 aliphatic heterocycles. The molecule has 2 amide bonds. The van der Waals surface area contributed by atoms with Crippen molar-refractivity contribution in [2.24, 2.45) is 5.41 Å². The van der Waals surface area contributed by atoms with Crippen LogP contribution in [0.25, 0.3) is 5.57 Å². The van der Waals surface area contributed by atoms with Crippen LogP contribution >= 0.6 is 0 Å². The summed E-state index contributed by atoms with van der Waals surface area (Å²) in [4.78, 5) is 26.6. The van der Waals surface area contributed by atoms with Gasteiger partial charge in [-0.3, -0.25) is 9.59 Å². The number of hydrogen-bond donors (Lipinski definition) is 1. The van der Waals surface area contributed by atoms with E-state index in [9.17, 15) is 9.59 Å². The molecule has 0 aliphatic carbocycles. The maximum atomic E-state index is 12.7. The molecule has 0 spiro atoms. The summed E-state index contributed by atoms with van der Waals surface area (Å²) in [7, 11) is 0. The highest BCUT2D eigenvalue weighted by Gasteiger charge is 2.39. The standard InChI is InChI=1S/C21H28N2O2/c1-21(2,3)13-19(24)22-14-20(25)23-17-9-10-18(23)12-16(11-17)15-7-5-4-6-8-15/h4-8,11,17-18H,9-10,12-14H2,1-3H3,(H,22,24). The lowest BCUT2D eigenvalue weighted by molar-refractivity contribution is -0.135. The number of fused-ring (bicyclic) bond motifs is 2. The SMILES string of the molecule is CC(C)(C)CC(=O)NCC(=O)N1C2C=C(c3ccccc3)CC1CC2. The number of benzene rings is 1. The van der Waals surface area contributed by atoms with E-state index in [4.69, 9.17) is 0 Å². The van der Waals surface area contributed by atoms with Gasteiger partial charge in [0.1, 0.15) is 0 Å².